The molecular formula is C61H51N. The Kier molecular flexibility index (Phi) is 8.95. The van der Waals surface area contributed by atoms with Gasteiger partial charge in [0.25, 0.3) is 0 Å². The molecule has 9 aromatic rings. The van der Waals surface area contributed by atoms with Gasteiger partial charge >= 0.3 is 0 Å². The minimum Gasteiger partial charge on any atom is -0.309 e. The number of nitrogens with zero attached hydrogens (tertiary/aromatic N) is 1. The summed E-state index contributed by atoms with van der Waals surface area (Å²) in [6.45, 7) is 9.70. The fraction of sp³-hybridized carbons (Fsp3) is 0.148. The van der Waals surface area contributed by atoms with Gasteiger partial charge < -0.3 is 4.90 Å². The molecule has 0 spiro atoms. The zero-order valence-electron chi connectivity index (χ0n) is 36.1. The van der Waals surface area contributed by atoms with Crippen LogP contribution in [-0.2, 0) is 16.2 Å². The molecule has 0 aliphatic heterocycles. The molecule has 9 aromatic carbocycles. The van der Waals surface area contributed by atoms with Crippen molar-refractivity contribution in [2.24, 2.45) is 0 Å². The Morgan fingerprint density at radius 3 is 1.61 bits per heavy atom. The van der Waals surface area contributed by atoms with E-state index < -0.39 is 5.41 Å². The molecule has 2 aliphatic carbocycles. The van der Waals surface area contributed by atoms with Gasteiger partial charge in [0.05, 0.1) is 16.8 Å². The van der Waals surface area contributed by atoms with Crippen molar-refractivity contribution in [3.63, 3.8) is 0 Å². The van der Waals surface area contributed by atoms with E-state index in [0.29, 0.717) is 0 Å². The third-order valence-corrected chi connectivity index (χ3v) is 14.2. The summed E-state index contributed by atoms with van der Waals surface area (Å²) in [4.78, 5) is 2.51. The molecule has 0 atom stereocenters. The zero-order chi connectivity index (χ0) is 42.1. The summed E-state index contributed by atoms with van der Waals surface area (Å²) in [5, 5.41) is 2.42. The molecule has 0 heterocycles. The predicted octanol–water partition coefficient (Wildman–Crippen LogP) is 16.4. The van der Waals surface area contributed by atoms with E-state index in [1.165, 1.54) is 90.4 Å². The summed E-state index contributed by atoms with van der Waals surface area (Å²) in [6, 6.07) is 79.3. The maximum Gasteiger partial charge on any atom is 0.0714 e. The molecule has 1 nitrogen and oxygen atoms in total. The van der Waals surface area contributed by atoms with Gasteiger partial charge in [0, 0.05) is 16.6 Å². The van der Waals surface area contributed by atoms with Crippen molar-refractivity contribution < 1.29 is 0 Å². The molecule has 300 valence electrons. The third-order valence-electron chi connectivity index (χ3n) is 14.2. The van der Waals surface area contributed by atoms with Gasteiger partial charge in [-0.25, -0.2) is 0 Å². The minimum absolute atomic E-state index is 0.0965. The van der Waals surface area contributed by atoms with Gasteiger partial charge in [-0.15, -0.1) is 0 Å². The Balaban J connectivity index is 1.22. The molecule has 0 bridgehead atoms. The molecule has 2 aliphatic rings. The van der Waals surface area contributed by atoms with Crippen molar-refractivity contribution in [2.45, 2.75) is 56.8 Å². The van der Waals surface area contributed by atoms with Gasteiger partial charge in [0.2, 0.25) is 0 Å². The summed E-state index contributed by atoms with van der Waals surface area (Å²) < 4.78 is 0. The van der Waals surface area contributed by atoms with Gasteiger partial charge in [-0.3, -0.25) is 0 Å². The van der Waals surface area contributed by atoms with Crippen molar-refractivity contribution in [3.8, 4) is 33.4 Å². The van der Waals surface area contributed by atoms with Crippen LogP contribution in [0.5, 0.6) is 0 Å². The van der Waals surface area contributed by atoms with Gasteiger partial charge in [-0.2, -0.15) is 0 Å². The van der Waals surface area contributed by atoms with Crippen LogP contribution in [0.3, 0.4) is 0 Å². The highest BCUT2D eigenvalue weighted by Crippen LogP contribution is 2.59. The highest BCUT2D eigenvalue weighted by molar-refractivity contribution is 6.03. The second-order valence-corrected chi connectivity index (χ2v) is 18.7. The van der Waals surface area contributed by atoms with E-state index in [9.17, 15) is 0 Å². The quantitative estimate of drug-likeness (QED) is 0.155. The Morgan fingerprint density at radius 2 is 0.903 bits per heavy atom. The molecule has 1 heteroatoms. The number of para-hydroxylation sites is 1. The van der Waals surface area contributed by atoms with Crippen molar-refractivity contribution in [2.75, 3.05) is 4.90 Å². The van der Waals surface area contributed by atoms with Crippen molar-refractivity contribution in [3.05, 3.63) is 246 Å². The summed E-state index contributed by atoms with van der Waals surface area (Å²) in [7, 11) is 0. The lowest BCUT2D eigenvalue weighted by Crippen LogP contribution is -2.34. The topological polar surface area (TPSA) is 3.24 Å². The first-order valence-electron chi connectivity index (χ1n) is 22.2. The lowest BCUT2D eigenvalue weighted by atomic mass is 9.61. The van der Waals surface area contributed by atoms with Crippen LogP contribution in [0.2, 0.25) is 0 Å². The van der Waals surface area contributed by atoms with E-state index in [0.717, 1.165) is 17.1 Å². The average Bonchev–Trinajstić information content (AvgIpc) is 3.61. The van der Waals surface area contributed by atoms with E-state index in [1.54, 1.807) is 0 Å². The summed E-state index contributed by atoms with van der Waals surface area (Å²) in [5.41, 5.74) is 18.7. The molecule has 0 amide bonds. The average molecular weight is 798 g/mol. The van der Waals surface area contributed by atoms with Gasteiger partial charge in [-0.05, 0) is 121 Å². The summed E-state index contributed by atoms with van der Waals surface area (Å²) in [6.07, 6.45) is 2.38. The van der Waals surface area contributed by atoms with Crippen molar-refractivity contribution >= 4 is 27.8 Å². The highest BCUT2D eigenvalue weighted by atomic mass is 15.1. The first-order chi connectivity index (χ1) is 30.3. The van der Waals surface area contributed by atoms with Crippen LogP contribution in [0.4, 0.5) is 17.1 Å². The molecule has 0 aromatic heterocycles. The first kappa shape index (κ1) is 38.0. The van der Waals surface area contributed by atoms with Crippen LogP contribution < -0.4 is 4.90 Å². The van der Waals surface area contributed by atoms with Crippen LogP contribution in [-0.4, -0.2) is 0 Å². The Bertz CT molecular complexity index is 3060. The van der Waals surface area contributed by atoms with E-state index >= 15 is 0 Å². The van der Waals surface area contributed by atoms with Crippen LogP contribution in [0.25, 0.3) is 44.2 Å². The monoisotopic (exact) mass is 797 g/mol. The van der Waals surface area contributed by atoms with Crippen molar-refractivity contribution in [1.29, 1.82) is 0 Å². The maximum absolute atomic E-state index is 2.53. The largest absolute Gasteiger partial charge is 0.309 e. The normalized spacial score (nSPS) is 15.4. The Morgan fingerprint density at radius 1 is 0.371 bits per heavy atom. The van der Waals surface area contributed by atoms with Crippen molar-refractivity contribution in [1.82, 2.24) is 0 Å². The number of hydrogen-bond acceptors (Lipinski definition) is 1. The van der Waals surface area contributed by atoms with Gasteiger partial charge in [0.15, 0.2) is 0 Å². The standard InChI is InChI=1S/C61H51N/c1-59(2)38-39-60(3,4)58-49(30-19-32-54(58)59)43-34-36-44(37-35-43)51-40-52-50-29-16-17-31-53(50)61(45-22-8-5-9-23-45,46-24-10-6-11-25-46)55(52)41-57(51)62(47-26-12-7-13-27-47)56-33-18-21-42-20-14-15-28-48(42)56/h5-37,40-41H,38-39H2,1-4H3. The predicted molar refractivity (Wildman–Crippen MR) is 262 cm³/mol. The number of anilines is 3. The van der Waals surface area contributed by atoms with Gasteiger partial charge in [0.1, 0.15) is 0 Å². The molecule has 62 heavy (non-hydrogen) atoms. The van der Waals surface area contributed by atoms with Crippen LogP contribution in [0, 0.1) is 0 Å². The maximum atomic E-state index is 2.53. The number of hydrogen-bond donors (Lipinski definition) is 0. The SMILES string of the molecule is CC1(C)CCC(C)(C)c2c(-c3ccc(-c4cc5c(cc4N(c4ccccc4)c4cccc6ccccc46)C(c4ccccc4)(c4ccccc4)c4ccccc4-5)cc3)cccc21. The molecular weight excluding hydrogens is 747 g/mol. The smallest absolute Gasteiger partial charge is 0.0714 e. The number of fused-ring (bicyclic) bond motifs is 5. The van der Waals surface area contributed by atoms with Crippen LogP contribution in [0.15, 0.2) is 212 Å². The Labute approximate surface area is 367 Å². The lowest BCUT2D eigenvalue weighted by Gasteiger charge is -2.43. The molecule has 0 saturated heterocycles. The molecule has 0 saturated carbocycles. The zero-order valence-corrected chi connectivity index (χ0v) is 36.1. The fourth-order valence-corrected chi connectivity index (χ4v) is 11.1. The fourth-order valence-electron chi connectivity index (χ4n) is 11.1. The number of benzene rings is 9. The van der Waals surface area contributed by atoms with E-state index in [-0.39, 0.29) is 10.8 Å². The van der Waals surface area contributed by atoms with Crippen LogP contribution in [0.1, 0.15) is 73.9 Å². The second-order valence-electron chi connectivity index (χ2n) is 18.7. The van der Waals surface area contributed by atoms with E-state index in [1.807, 2.05) is 0 Å². The highest BCUT2D eigenvalue weighted by Gasteiger charge is 2.47. The lowest BCUT2D eigenvalue weighted by molar-refractivity contribution is 0.333. The second kappa shape index (κ2) is 14.6. The molecule has 0 unspecified atom stereocenters. The first-order valence-corrected chi connectivity index (χ1v) is 22.2. The molecule has 0 fully saturated rings. The summed E-state index contributed by atoms with van der Waals surface area (Å²) in [5.74, 6) is 0. The molecule has 11 rings (SSSR count). The Hall–Kier alpha value is -6.96. The molecule has 0 radical (unpaired) electrons. The summed E-state index contributed by atoms with van der Waals surface area (Å²) >= 11 is 0. The third kappa shape index (κ3) is 5.90. The van der Waals surface area contributed by atoms with Gasteiger partial charge in [-0.1, -0.05) is 210 Å². The molecule has 0 N–H and O–H groups in total. The van der Waals surface area contributed by atoms with Crippen LogP contribution >= 0.6 is 0 Å². The van der Waals surface area contributed by atoms with E-state index in [2.05, 4.69) is 245 Å². The van der Waals surface area contributed by atoms with E-state index in [4.69, 9.17) is 0 Å². The number of rotatable bonds is 7. The minimum atomic E-state index is -0.542.